The lowest BCUT2D eigenvalue weighted by Crippen LogP contribution is -2.27. The topological polar surface area (TPSA) is 120 Å². The van der Waals surface area contributed by atoms with Crippen LogP contribution in [0.1, 0.15) is 42.0 Å². The third kappa shape index (κ3) is 4.19. The lowest BCUT2D eigenvalue weighted by atomic mass is 9.93. The predicted molar refractivity (Wildman–Crippen MR) is 131 cm³/mol. The summed E-state index contributed by atoms with van der Waals surface area (Å²) in [5.74, 6) is -0.0996. The van der Waals surface area contributed by atoms with Crippen LogP contribution in [0, 0.1) is 27.7 Å². The van der Waals surface area contributed by atoms with E-state index < -0.39 is 0 Å². The summed E-state index contributed by atoms with van der Waals surface area (Å²) in [5.41, 5.74) is 27.5. The van der Waals surface area contributed by atoms with E-state index in [-0.39, 0.29) is 5.78 Å². The second-order valence-electron chi connectivity index (χ2n) is 8.03. The van der Waals surface area contributed by atoms with Gasteiger partial charge in [0.15, 0.2) is 0 Å². The Morgan fingerprint density at radius 3 is 2.13 bits per heavy atom. The third-order valence-electron chi connectivity index (χ3n) is 6.04. The van der Waals surface area contributed by atoms with Crippen molar-refractivity contribution < 1.29 is 4.79 Å². The summed E-state index contributed by atoms with van der Waals surface area (Å²) in [5, 5.41) is 3.29. The number of nitrogens with two attached hydrogens (primary N) is 3. The quantitative estimate of drug-likeness (QED) is 0.413. The number of anilines is 3. The molecule has 0 fully saturated rings. The highest BCUT2D eigenvalue weighted by molar-refractivity contribution is 6.25. The average molecular weight is 418 g/mol. The summed E-state index contributed by atoms with van der Waals surface area (Å²) in [4.78, 5) is 18.0. The van der Waals surface area contributed by atoms with E-state index in [1.807, 2.05) is 58.9 Å². The van der Waals surface area contributed by atoms with E-state index in [1.165, 1.54) is 0 Å². The molecule has 2 aromatic carbocycles. The molecule has 0 amide bonds. The zero-order valence-electron chi connectivity index (χ0n) is 18.9. The Bertz CT molecular complexity index is 1150. The molecule has 0 saturated heterocycles. The minimum Gasteiger partial charge on any atom is -0.399 e. The molecule has 0 saturated carbocycles. The average Bonchev–Trinajstić information content (AvgIpc) is 2.74. The van der Waals surface area contributed by atoms with E-state index in [2.05, 4.69) is 5.32 Å². The molecule has 162 valence electrons. The van der Waals surface area contributed by atoms with E-state index >= 15 is 0 Å². The minimum absolute atomic E-state index is 0.0996. The molecular formula is C25H31N5O. The van der Waals surface area contributed by atoms with Gasteiger partial charge in [0.25, 0.3) is 0 Å². The van der Waals surface area contributed by atoms with Crippen LogP contribution in [-0.2, 0) is 4.79 Å². The van der Waals surface area contributed by atoms with Gasteiger partial charge in [-0.05, 0) is 86.7 Å². The fourth-order valence-corrected chi connectivity index (χ4v) is 3.60. The van der Waals surface area contributed by atoms with Crippen LogP contribution in [0.3, 0.4) is 0 Å². The number of rotatable bonds is 5. The molecule has 0 heterocycles. The van der Waals surface area contributed by atoms with Crippen molar-refractivity contribution >= 4 is 34.2 Å². The third-order valence-corrected chi connectivity index (χ3v) is 6.04. The Labute approximate surface area is 183 Å². The Morgan fingerprint density at radius 2 is 1.48 bits per heavy atom. The number of aliphatic imine (C=N–C) groups is 1. The summed E-state index contributed by atoms with van der Waals surface area (Å²) in [6.45, 7) is 9.92. The van der Waals surface area contributed by atoms with Crippen LogP contribution in [-0.4, -0.2) is 11.5 Å². The van der Waals surface area contributed by atoms with Crippen LogP contribution in [0.5, 0.6) is 0 Å². The Kier molecular flexibility index (Phi) is 6.20. The van der Waals surface area contributed by atoms with Gasteiger partial charge in [0, 0.05) is 22.6 Å². The summed E-state index contributed by atoms with van der Waals surface area (Å²) in [7, 11) is 0. The highest BCUT2D eigenvalue weighted by atomic mass is 16.1. The van der Waals surface area contributed by atoms with E-state index in [9.17, 15) is 4.79 Å². The number of nitrogen functional groups attached to an aromatic ring is 2. The monoisotopic (exact) mass is 417 g/mol. The Balaban J connectivity index is 2.11. The molecule has 0 radical (unpaired) electrons. The van der Waals surface area contributed by atoms with E-state index in [0.717, 1.165) is 51.4 Å². The van der Waals surface area contributed by atoms with Crippen LogP contribution in [0.15, 0.2) is 52.3 Å². The number of benzene rings is 2. The lowest BCUT2D eigenvalue weighted by Gasteiger charge is -2.22. The number of allylic oxidation sites excluding steroid dienone is 2. The standard InChI is InChI=1S/C25H31N5O/c1-6-7-17-24(28)22(29-20-10-8-18(26)13(2)15(20)4)12-23(25(17)31)30-21-11-9-19(27)14(3)16(21)5/h8-12,30H,6-7,26-28H2,1-5H3. The number of nitrogens with one attached hydrogen (secondary N) is 1. The molecule has 0 aromatic heterocycles. The molecule has 0 bridgehead atoms. The van der Waals surface area contributed by atoms with Gasteiger partial charge in [0.2, 0.25) is 5.78 Å². The van der Waals surface area contributed by atoms with Crippen LogP contribution in [0.25, 0.3) is 0 Å². The zero-order valence-corrected chi connectivity index (χ0v) is 18.9. The SMILES string of the molecule is CCCC1=C(N)C(=Nc2ccc(N)c(C)c2C)C=C(Nc2ccc(N)c(C)c2C)C1=O. The number of hydrogen-bond acceptors (Lipinski definition) is 6. The molecule has 7 N–H and O–H groups in total. The van der Waals surface area contributed by atoms with Gasteiger partial charge in [-0.15, -0.1) is 0 Å². The molecule has 0 aliphatic heterocycles. The molecule has 2 aromatic rings. The van der Waals surface area contributed by atoms with Crippen molar-refractivity contribution in [2.24, 2.45) is 10.7 Å². The van der Waals surface area contributed by atoms with Crippen molar-refractivity contribution in [2.45, 2.75) is 47.5 Å². The van der Waals surface area contributed by atoms with Gasteiger partial charge in [0.05, 0.1) is 22.8 Å². The number of carbonyl (C=O) groups excluding carboxylic acids is 1. The van der Waals surface area contributed by atoms with E-state index in [4.69, 9.17) is 22.2 Å². The van der Waals surface area contributed by atoms with Gasteiger partial charge < -0.3 is 22.5 Å². The Morgan fingerprint density at radius 1 is 0.871 bits per heavy atom. The van der Waals surface area contributed by atoms with E-state index in [1.54, 1.807) is 6.08 Å². The number of nitrogens with zero attached hydrogens (tertiary/aromatic N) is 1. The number of Topliss-reactive ketones (excluding diaryl/α,β-unsaturated/α-hetero) is 1. The van der Waals surface area contributed by atoms with Crippen molar-refractivity contribution in [3.05, 3.63) is 69.6 Å². The highest BCUT2D eigenvalue weighted by Crippen LogP contribution is 2.30. The maximum atomic E-state index is 13.2. The smallest absolute Gasteiger partial charge is 0.207 e. The summed E-state index contributed by atoms with van der Waals surface area (Å²) >= 11 is 0. The van der Waals surface area contributed by atoms with Crippen molar-refractivity contribution in [3.8, 4) is 0 Å². The molecule has 0 spiro atoms. The fourth-order valence-electron chi connectivity index (χ4n) is 3.60. The molecule has 0 atom stereocenters. The molecule has 31 heavy (non-hydrogen) atoms. The maximum Gasteiger partial charge on any atom is 0.207 e. The first-order valence-corrected chi connectivity index (χ1v) is 10.5. The highest BCUT2D eigenvalue weighted by Gasteiger charge is 2.26. The van der Waals surface area contributed by atoms with Gasteiger partial charge in [-0.2, -0.15) is 0 Å². The number of hydrogen-bond donors (Lipinski definition) is 4. The van der Waals surface area contributed by atoms with Gasteiger partial charge >= 0.3 is 0 Å². The number of ketones is 1. The first-order valence-electron chi connectivity index (χ1n) is 10.5. The van der Waals surface area contributed by atoms with Crippen molar-refractivity contribution in [1.29, 1.82) is 0 Å². The molecule has 1 aliphatic carbocycles. The first kappa shape index (κ1) is 22.2. The minimum atomic E-state index is -0.0996. The summed E-state index contributed by atoms with van der Waals surface area (Å²) in [6.07, 6.45) is 3.12. The lowest BCUT2D eigenvalue weighted by molar-refractivity contribution is -0.112. The normalized spacial score (nSPS) is 15.5. The van der Waals surface area contributed by atoms with Gasteiger partial charge in [-0.3, -0.25) is 4.79 Å². The van der Waals surface area contributed by atoms with Gasteiger partial charge in [-0.25, -0.2) is 4.99 Å². The van der Waals surface area contributed by atoms with Crippen molar-refractivity contribution in [3.63, 3.8) is 0 Å². The number of carbonyl (C=O) groups is 1. The van der Waals surface area contributed by atoms with Crippen molar-refractivity contribution in [1.82, 2.24) is 0 Å². The second kappa shape index (κ2) is 8.68. The maximum absolute atomic E-state index is 13.2. The Hall–Kier alpha value is -3.54. The van der Waals surface area contributed by atoms with Crippen LogP contribution in [0.2, 0.25) is 0 Å². The second-order valence-corrected chi connectivity index (χ2v) is 8.03. The predicted octanol–water partition coefficient (Wildman–Crippen LogP) is 4.75. The molecule has 1 aliphatic rings. The first-order chi connectivity index (χ1) is 14.6. The molecule has 3 rings (SSSR count). The van der Waals surface area contributed by atoms with Crippen LogP contribution >= 0.6 is 0 Å². The molecule has 0 unspecified atom stereocenters. The molecular weight excluding hydrogens is 386 g/mol. The van der Waals surface area contributed by atoms with Gasteiger partial charge in [0.1, 0.15) is 0 Å². The largest absolute Gasteiger partial charge is 0.399 e. The fraction of sp³-hybridized carbons (Fsp3) is 0.280. The van der Waals surface area contributed by atoms with Crippen molar-refractivity contribution in [2.75, 3.05) is 16.8 Å². The summed E-state index contributed by atoms with van der Waals surface area (Å²) < 4.78 is 0. The summed E-state index contributed by atoms with van der Waals surface area (Å²) in [6, 6.07) is 7.44. The van der Waals surface area contributed by atoms with E-state index in [0.29, 0.717) is 29.1 Å². The zero-order chi connectivity index (χ0) is 22.9. The van der Waals surface area contributed by atoms with Crippen LogP contribution in [0.4, 0.5) is 22.7 Å². The molecule has 6 heteroatoms. The van der Waals surface area contributed by atoms with Crippen LogP contribution < -0.4 is 22.5 Å². The van der Waals surface area contributed by atoms with Gasteiger partial charge in [-0.1, -0.05) is 13.3 Å². The molecule has 6 nitrogen and oxygen atoms in total.